The van der Waals surface area contributed by atoms with E-state index in [1.165, 1.54) is 4.90 Å². The number of aliphatic hydroxyl groups excluding tert-OH is 1. The number of nitrogens with zero attached hydrogens (tertiary/aromatic N) is 1. The summed E-state index contributed by atoms with van der Waals surface area (Å²) in [6.07, 6.45) is -0.207. The smallest absolute Gasteiger partial charge is 0.261 e. The molecule has 6 heteroatoms. The molecular weight excluding hydrogens is 298 g/mol. The molecule has 0 radical (unpaired) electrons. The number of fused-ring (bicyclic) bond motifs is 2. The van der Waals surface area contributed by atoms with Crippen LogP contribution in [0.1, 0.15) is 41.0 Å². The van der Waals surface area contributed by atoms with Crippen molar-refractivity contribution < 1.29 is 24.2 Å². The third kappa shape index (κ3) is 2.06. The quantitative estimate of drug-likeness (QED) is 0.829. The number of hydrogen-bond donors (Lipinski definition) is 1. The number of hydrogen-bond acceptors (Lipinski definition) is 5. The summed E-state index contributed by atoms with van der Waals surface area (Å²) < 4.78 is 11.8. The molecule has 1 saturated carbocycles. The second-order valence-corrected chi connectivity index (χ2v) is 6.84. The molecule has 2 amide bonds. The molecule has 1 aromatic rings. The minimum atomic E-state index is -0.778. The van der Waals surface area contributed by atoms with E-state index in [1.54, 1.807) is 38.1 Å². The zero-order valence-electron chi connectivity index (χ0n) is 13.1. The largest absolute Gasteiger partial charge is 0.396 e. The van der Waals surface area contributed by atoms with Crippen molar-refractivity contribution in [2.45, 2.75) is 44.3 Å². The molecule has 1 aromatic carbocycles. The number of ether oxygens (including phenoxy) is 2. The number of imide groups is 1. The van der Waals surface area contributed by atoms with Crippen LogP contribution in [0.2, 0.25) is 0 Å². The average Bonchev–Trinajstić information content (AvgIpc) is 3.08. The third-order valence-electron chi connectivity index (χ3n) is 4.94. The van der Waals surface area contributed by atoms with Crippen LogP contribution in [0.4, 0.5) is 0 Å². The van der Waals surface area contributed by atoms with Crippen LogP contribution in [-0.2, 0) is 9.47 Å². The molecule has 3 aliphatic rings. The molecule has 1 aliphatic carbocycles. The van der Waals surface area contributed by atoms with Crippen molar-refractivity contribution in [2.24, 2.45) is 5.92 Å². The van der Waals surface area contributed by atoms with Gasteiger partial charge in [-0.3, -0.25) is 14.5 Å². The molecule has 1 N–H and O–H groups in total. The van der Waals surface area contributed by atoms with E-state index in [2.05, 4.69) is 0 Å². The zero-order valence-corrected chi connectivity index (χ0v) is 13.1. The molecule has 4 unspecified atom stereocenters. The number of carbonyl (C=O) groups is 2. The standard InChI is InChI=1S/C17H19NO5/c1-17(2)22-13-9(8-19)7-12(14(13)23-17)18-15(20)10-5-3-4-6-11(10)16(18)21/h3-6,9,12-14,19H,7-8H2,1-2H3. The summed E-state index contributed by atoms with van der Waals surface area (Å²) in [7, 11) is 0. The monoisotopic (exact) mass is 317 g/mol. The topological polar surface area (TPSA) is 76.1 Å². The zero-order chi connectivity index (χ0) is 16.4. The van der Waals surface area contributed by atoms with Crippen LogP contribution >= 0.6 is 0 Å². The maximum atomic E-state index is 12.7. The van der Waals surface area contributed by atoms with Crippen LogP contribution in [0, 0.1) is 5.92 Å². The van der Waals surface area contributed by atoms with Crippen molar-refractivity contribution in [3.8, 4) is 0 Å². The highest BCUT2D eigenvalue weighted by molar-refractivity contribution is 6.21. The van der Waals surface area contributed by atoms with Gasteiger partial charge in [0, 0.05) is 12.5 Å². The first-order chi connectivity index (χ1) is 10.9. The highest BCUT2D eigenvalue weighted by atomic mass is 16.8. The Kier molecular flexibility index (Phi) is 3.13. The van der Waals surface area contributed by atoms with Crippen molar-refractivity contribution in [1.82, 2.24) is 4.90 Å². The van der Waals surface area contributed by atoms with Gasteiger partial charge in [-0.25, -0.2) is 0 Å². The van der Waals surface area contributed by atoms with Crippen molar-refractivity contribution in [1.29, 1.82) is 0 Å². The van der Waals surface area contributed by atoms with Gasteiger partial charge in [-0.1, -0.05) is 12.1 Å². The van der Waals surface area contributed by atoms with Gasteiger partial charge >= 0.3 is 0 Å². The normalized spacial score (nSPS) is 34.8. The van der Waals surface area contributed by atoms with E-state index >= 15 is 0 Å². The highest BCUT2D eigenvalue weighted by Crippen LogP contribution is 2.44. The number of benzene rings is 1. The minimum Gasteiger partial charge on any atom is -0.396 e. The minimum absolute atomic E-state index is 0.0553. The van der Waals surface area contributed by atoms with Crippen LogP contribution in [-0.4, -0.2) is 52.5 Å². The molecule has 0 spiro atoms. The van der Waals surface area contributed by atoms with Crippen molar-refractivity contribution in [3.05, 3.63) is 35.4 Å². The lowest BCUT2D eigenvalue weighted by molar-refractivity contribution is -0.162. The van der Waals surface area contributed by atoms with Gasteiger partial charge in [0.15, 0.2) is 5.79 Å². The lowest BCUT2D eigenvalue weighted by atomic mass is 10.1. The molecule has 6 nitrogen and oxygen atoms in total. The van der Waals surface area contributed by atoms with Gasteiger partial charge in [0.1, 0.15) is 6.10 Å². The van der Waals surface area contributed by atoms with E-state index in [1.807, 2.05) is 0 Å². The Hall–Kier alpha value is -1.76. The third-order valence-corrected chi connectivity index (χ3v) is 4.94. The van der Waals surface area contributed by atoms with Gasteiger partial charge in [-0.15, -0.1) is 0 Å². The molecule has 0 bridgehead atoms. The van der Waals surface area contributed by atoms with Gasteiger partial charge < -0.3 is 14.6 Å². The number of amides is 2. The van der Waals surface area contributed by atoms with Crippen LogP contribution in [0.3, 0.4) is 0 Å². The average molecular weight is 317 g/mol. The molecule has 23 heavy (non-hydrogen) atoms. The molecule has 2 heterocycles. The van der Waals surface area contributed by atoms with Gasteiger partial charge in [0.2, 0.25) is 0 Å². The summed E-state index contributed by atoms with van der Waals surface area (Å²) in [6, 6.07) is 6.43. The SMILES string of the molecule is CC1(C)OC2C(CO)CC(N3C(=O)c4ccccc4C3=O)C2O1. The molecule has 4 atom stereocenters. The summed E-state index contributed by atoms with van der Waals surface area (Å²) in [6.45, 7) is 3.55. The molecule has 2 aliphatic heterocycles. The lowest BCUT2D eigenvalue weighted by Gasteiger charge is -2.28. The molecular formula is C17H19NO5. The van der Waals surface area contributed by atoms with Crippen molar-refractivity contribution in [3.63, 3.8) is 0 Å². The van der Waals surface area contributed by atoms with E-state index < -0.39 is 17.9 Å². The molecule has 122 valence electrons. The lowest BCUT2D eigenvalue weighted by Crippen LogP contribution is -2.46. The van der Waals surface area contributed by atoms with Crippen molar-refractivity contribution >= 4 is 11.8 Å². The summed E-state index contributed by atoms with van der Waals surface area (Å²) in [5.74, 6) is -1.50. The van der Waals surface area contributed by atoms with Gasteiger partial charge in [-0.2, -0.15) is 0 Å². The summed E-state index contributed by atoms with van der Waals surface area (Å²) in [5.41, 5.74) is 0.861. The van der Waals surface area contributed by atoms with E-state index in [-0.39, 0.29) is 30.4 Å². The fraction of sp³-hybridized carbons (Fsp3) is 0.529. The number of rotatable bonds is 2. The van der Waals surface area contributed by atoms with E-state index in [0.29, 0.717) is 17.5 Å². The van der Waals surface area contributed by atoms with Crippen LogP contribution in [0.25, 0.3) is 0 Å². The maximum absolute atomic E-state index is 12.7. The Bertz CT molecular complexity index is 650. The predicted octanol–water partition coefficient (Wildman–Crippen LogP) is 1.18. The Labute approximate surface area is 134 Å². The van der Waals surface area contributed by atoms with Crippen LogP contribution in [0.15, 0.2) is 24.3 Å². The Morgan fingerprint density at radius 3 is 2.26 bits per heavy atom. The van der Waals surface area contributed by atoms with Gasteiger partial charge in [-0.05, 0) is 32.4 Å². The van der Waals surface area contributed by atoms with Crippen LogP contribution in [0.5, 0.6) is 0 Å². The summed E-state index contributed by atoms with van der Waals surface area (Å²) in [5, 5.41) is 9.63. The summed E-state index contributed by atoms with van der Waals surface area (Å²) in [4.78, 5) is 26.7. The fourth-order valence-electron chi connectivity index (χ4n) is 4.00. The second-order valence-electron chi connectivity index (χ2n) is 6.84. The Morgan fingerprint density at radius 2 is 1.70 bits per heavy atom. The van der Waals surface area contributed by atoms with E-state index in [9.17, 15) is 14.7 Å². The maximum Gasteiger partial charge on any atom is 0.261 e. The first-order valence-electron chi connectivity index (χ1n) is 7.86. The predicted molar refractivity (Wildman–Crippen MR) is 79.7 cm³/mol. The number of aliphatic hydroxyl groups is 1. The van der Waals surface area contributed by atoms with Gasteiger partial charge in [0.05, 0.1) is 23.3 Å². The van der Waals surface area contributed by atoms with Crippen LogP contribution < -0.4 is 0 Å². The van der Waals surface area contributed by atoms with E-state index in [0.717, 1.165) is 0 Å². The Morgan fingerprint density at radius 1 is 1.13 bits per heavy atom. The number of carbonyl (C=O) groups excluding carboxylic acids is 2. The van der Waals surface area contributed by atoms with E-state index in [4.69, 9.17) is 9.47 Å². The fourth-order valence-corrected chi connectivity index (χ4v) is 4.00. The summed E-state index contributed by atoms with van der Waals surface area (Å²) >= 11 is 0. The second kappa shape index (κ2) is 4.87. The van der Waals surface area contributed by atoms with Gasteiger partial charge in [0.25, 0.3) is 11.8 Å². The molecule has 0 aromatic heterocycles. The van der Waals surface area contributed by atoms with Crippen molar-refractivity contribution in [2.75, 3.05) is 6.61 Å². The molecule has 2 fully saturated rings. The molecule has 1 saturated heterocycles. The first kappa shape index (κ1) is 14.8. The highest BCUT2D eigenvalue weighted by Gasteiger charge is 2.58. The first-order valence-corrected chi connectivity index (χ1v) is 7.86. The molecule has 4 rings (SSSR count). The Balaban J connectivity index is 1.69.